The van der Waals surface area contributed by atoms with E-state index in [2.05, 4.69) is 70.2 Å². The van der Waals surface area contributed by atoms with E-state index >= 15 is 0 Å². The fraction of sp³-hybridized carbons (Fsp3) is 0.364. The van der Waals surface area contributed by atoms with Crippen molar-refractivity contribution in [3.63, 3.8) is 0 Å². The van der Waals surface area contributed by atoms with Gasteiger partial charge in [-0.1, -0.05) is 0 Å². The predicted molar refractivity (Wildman–Crippen MR) is 108 cm³/mol. The van der Waals surface area contributed by atoms with Crippen molar-refractivity contribution in [1.29, 1.82) is 0 Å². The van der Waals surface area contributed by atoms with E-state index in [1.54, 1.807) is 0 Å². The second-order valence-electron chi connectivity index (χ2n) is 7.19. The average Bonchev–Trinajstić information content (AvgIpc) is 2.93. The molecular weight excluding hydrogens is 426 g/mol. The molecule has 0 spiro atoms. The molecule has 0 bridgehead atoms. The molecule has 2 aromatic carbocycles. The second kappa shape index (κ2) is 8.12. The molecule has 3 heteroatoms. The molecule has 0 amide bonds. The average molecular weight is 452 g/mol. The zero-order chi connectivity index (χ0) is 18.1. The van der Waals surface area contributed by atoms with Crippen LogP contribution in [0.3, 0.4) is 0 Å². The first-order chi connectivity index (χ1) is 12.0. The van der Waals surface area contributed by atoms with Gasteiger partial charge in [-0.25, -0.2) is 0 Å². The normalized spacial score (nSPS) is 16.1. The number of hydrogen-bond acceptors (Lipinski definition) is 0. The maximum atomic E-state index is 6.58. The van der Waals surface area contributed by atoms with E-state index in [9.17, 15) is 0 Å². The Balaban J connectivity index is 2.25. The van der Waals surface area contributed by atoms with E-state index in [0.717, 1.165) is 12.8 Å². The number of halogens is 2. The molecular formula is C22H25Cl2Zr. The second-order valence-corrected chi connectivity index (χ2v) is 16.0. The number of rotatable bonds is 5. The predicted octanol–water partition coefficient (Wildman–Crippen LogP) is 7.95. The van der Waals surface area contributed by atoms with Gasteiger partial charge in [0.2, 0.25) is 0 Å². The summed E-state index contributed by atoms with van der Waals surface area (Å²) in [5, 5.41) is 0. The van der Waals surface area contributed by atoms with Gasteiger partial charge < -0.3 is 0 Å². The van der Waals surface area contributed by atoms with Gasteiger partial charge in [0.1, 0.15) is 0 Å². The van der Waals surface area contributed by atoms with Crippen LogP contribution in [0.4, 0.5) is 0 Å². The van der Waals surface area contributed by atoms with Gasteiger partial charge in [-0.2, -0.15) is 0 Å². The van der Waals surface area contributed by atoms with Gasteiger partial charge in [0.15, 0.2) is 0 Å². The van der Waals surface area contributed by atoms with Crippen molar-refractivity contribution in [2.24, 2.45) is 0 Å². The zero-order valence-corrected chi connectivity index (χ0v) is 19.3. The molecule has 1 unspecified atom stereocenters. The molecule has 0 saturated heterocycles. The maximum absolute atomic E-state index is 6.58. The molecule has 1 aliphatic rings. The summed E-state index contributed by atoms with van der Waals surface area (Å²) < 4.78 is 0.311. The molecule has 0 heterocycles. The van der Waals surface area contributed by atoms with Crippen molar-refractivity contribution in [2.45, 2.75) is 50.1 Å². The summed E-state index contributed by atoms with van der Waals surface area (Å²) in [6.45, 7) is 8.98. The van der Waals surface area contributed by atoms with Crippen LogP contribution < -0.4 is 0 Å². The van der Waals surface area contributed by atoms with Crippen molar-refractivity contribution in [3.05, 3.63) is 64.2 Å². The van der Waals surface area contributed by atoms with Gasteiger partial charge in [-0.3, -0.25) is 0 Å². The Morgan fingerprint density at radius 1 is 1.08 bits per heavy atom. The van der Waals surface area contributed by atoms with E-state index in [4.69, 9.17) is 17.0 Å². The van der Waals surface area contributed by atoms with Crippen LogP contribution in [0.2, 0.25) is 0 Å². The fourth-order valence-electron chi connectivity index (χ4n) is 3.97. The van der Waals surface area contributed by atoms with Crippen LogP contribution in [0.5, 0.6) is 0 Å². The van der Waals surface area contributed by atoms with Crippen molar-refractivity contribution in [2.75, 3.05) is 0 Å². The monoisotopic (exact) mass is 449 g/mol. The number of fused-ring (bicyclic) bond motifs is 1. The molecule has 0 fully saturated rings. The third-order valence-electron chi connectivity index (χ3n) is 5.11. The minimum atomic E-state index is -2.43. The molecule has 25 heavy (non-hydrogen) atoms. The SMILES string of the molecule is CCCC1=Cc2c(ccc(C)c2-c2ccccc2C(C)C)[CH]1[Zr]([Cl])[Cl]. The molecule has 0 aliphatic heterocycles. The zero-order valence-electron chi connectivity index (χ0n) is 15.4. The first kappa shape index (κ1) is 19.4. The molecule has 3 rings (SSSR count). The summed E-state index contributed by atoms with van der Waals surface area (Å²) >= 11 is -2.43. The van der Waals surface area contributed by atoms with Crippen LogP contribution in [0.25, 0.3) is 17.2 Å². The molecule has 0 saturated carbocycles. The Hall–Kier alpha value is -0.357. The first-order valence-corrected chi connectivity index (χ1v) is 16.8. The third kappa shape index (κ3) is 3.71. The summed E-state index contributed by atoms with van der Waals surface area (Å²) in [5.74, 6) is 0.495. The molecule has 131 valence electrons. The Morgan fingerprint density at radius 2 is 1.80 bits per heavy atom. The Bertz CT molecular complexity index is 806. The van der Waals surface area contributed by atoms with Gasteiger partial charge in [-0.05, 0) is 0 Å². The summed E-state index contributed by atoms with van der Waals surface area (Å²) in [5.41, 5.74) is 9.64. The van der Waals surface area contributed by atoms with E-state index in [-0.39, 0.29) is 0 Å². The molecule has 0 nitrogen and oxygen atoms in total. The van der Waals surface area contributed by atoms with Gasteiger partial charge in [-0.15, -0.1) is 0 Å². The molecule has 2 aromatic rings. The van der Waals surface area contributed by atoms with Crippen molar-refractivity contribution in [3.8, 4) is 11.1 Å². The number of aryl methyl sites for hydroxylation is 1. The molecule has 1 aliphatic carbocycles. The van der Waals surface area contributed by atoms with E-state index in [1.165, 1.54) is 39.0 Å². The molecule has 1 atom stereocenters. The van der Waals surface area contributed by atoms with Crippen LogP contribution in [0, 0.1) is 6.92 Å². The van der Waals surface area contributed by atoms with Crippen LogP contribution in [0.1, 0.15) is 65.4 Å². The summed E-state index contributed by atoms with van der Waals surface area (Å²) in [6, 6.07) is 13.3. The molecule has 0 radical (unpaired) electrons. The van der Waals surface area contributed by atoms with E-state index in [1.807, 2.05) is 0 Å². The quantitative estimate of drug-likeness (QED) is 0.433. The Labute approximate surface area is 167 Å². The van der Waals surface area contributed by atoms with Crippen molar-refractivity contribution in [1.82, 2.24) is 0 Å². The summed E-state index contributed by atoms with van der Waals surface area (Å²) in [7, 11) is 13.2. The van der Waals surface area contributed by atoms with Gasteiger partial charge in [0.25, 0.3) is 0 Å². The summed E-state index contributed by atoms with van der Waals surface area (Å²) in [4.78, 5) is 0. The number of benzene rings is 2. The van der Waals surface area contributed by atoms with Gasteiger partial charge in [0, 0.05) is 0 Å². The first-order valence-electron chi connectivity index (χ1n) is 9.06. The van der Waals surface area contributed by atoms with E-state index in [0.29, 0.717) is 9.54 Å². The van der Waals surface area contributed by atoms with Gasteiger partial charge in [0.05, 0.1) is 0 Å². The van der Waals surface area contributed by atoms with Crippen LogP contribution in [-0.2, 0) is 19.4 Å². The Morgan fingerprint density at radius 3 is 2.44 bits per heavy atom. The number of allylic oxidation sites excluding steroid dienone is 1. The van der Waals surface area contributed by atoms with Crippen LogP contribution in [-0.4, -0.2) is 0 Å². The number of hydrogen-bond donors (Lipinski definition) is 0. The minimum absolute atomic E-state index is 0.311. The third-order valence-corrected chi connectivity index (χ3v) is 10.4. The standard InChI is InChI=1S/C22H25.2ClH.Zr/c1-5-8-17-13-18-12-11-16(4)22(21(18)14-17)20-10-7-6-9-19(20)15(2)3;;;/h6-7,9-15H,5,8H2,1-4H3;2*1H;/q;;;+2/p-2. The fourth-order valence-corrected chi connectivity index (χ4v) is 9.46. The van der Waals surface area contributed by atoms with Crippen LogP contribution in [0.15, 0.2) is 42.0 Å². The van der Waals surface area contributed by atoms with Crippen LogP contribution >= 0.6 is 17.0 Å². The molecule has 0 N–H and O–H groups in total. The van der Waals surface area contributed by atoms with Crippen molar-refractivity contribution >= 4 is 23.1 Å². The van der Waals surface area contributed by atoms with E-state index < -0.39 is 19.4 Å². The Kier molecular flexibility index (Phi) is 6.30. The van der Waals surface area contributed by atoms with Crippen molar-refractivity contribution < 1.29 is 19.4 Å². The topological polar surface area (TPSA) is 0 Å². The van der Waals surface area contributed by atoms with Gasteiger partial charge >= 0.3 is 168 Å². The molecule has 0 aromatic heterocycles. The summed E-state index contributed by atoms with van der Waals surface area (Å²) in [6.07, 6.45) is 4.62.